The van der Waals surface area contributed by atoms with E-state index in [1.807, 2.05) is 0 Å². The van der Waals surface area contributed by atoms with Gasteiger partial charge in [0.1, 0.15) is 32.5 Å². The molecule has 0 heterocycles. The normalized spacial score (nSPS) is 11.9. The van der Waals surface area contributed by atoms with Gasteiger partial charge in [-0.2, -0.15) is 0 Å². The number of carbonyl (C=O) groups excluding carboxylic acids is 5. The molecule has 0 spiro atoms. The average Bonchev–Trinajstić information content (AvgIpc) is 0.831. The Labute approximate surface area is 627 Å². The fourth-order valence-corrected chi connectivity index (χ4v) is 13.0. The van der Waals surface area contributed by atoms with Gasteiger partial charge >= 0.3 is 53.7 Å². The van der Waals surface area contributed by atoms with Crippen molar-refractivity contribution in [1.29, 1.82) is 0 Å². The van der Waals surface area contributed by atoms with Crippen LogP contribution in [0.5, 0.6) is 0 Å². The van der Waals surface area contributed by atoms with E-state index in [0.717, 1.165) is 124 Å². The number of nitrogens with zero attached hydrogens (tertiary/aromatic N) is 3. The van der Waals surface area contributed by atoms with Crippen LogP contribution in [-0.2, 0) is 66.9 Å². The number of esters is 4. The van der Waals surface area contributed by atoms with Crippen LogP contribution in [0.15, 0.2) is 0 Å². The molecule has 23 heteroatoms. The lowest BCUT2D eigenvalue weighted by Crippen LogP contribution is -2.54. The second kappa shape index (κ2) is 70.6. The minimum atomic E-state index is -1.64. The molecular formula is C81H148N4O19. The van der Waals surface area contributed by atoms with Gasteiger partial charge in [0.2, 0.25) is 5.91 Å². The summed E-state index contributed by atoms with van der Waals surface area (Å²) in [5, 5.41) is 50.6. The molecule has 6 N–H and O–H groups in total. The van der Waals surface area contributed by atoms with E-state index < -0.39 is 130 Å². The van der Waals surface area contributed by atoms with E-state index in [1.165, 1.54) is 173 Å². The number of carboxylic acids is 5. The van der Waals surface area contributed by atoms with Gasteiger partial charge in [-0.05, 0) is 32.1 Å². The van der Waals surface area contributed by atoms with E-state index in [9.17, 15) is 73.5 Å². The Morgan fingerprint density at radius 2 is 0.548 bits per heavy atom. The number of carbonyl (C=O) groups is 10. The molecule has 0 aliphatic rings. The molecule has 606 valence electrons. The number of ether oxygens (including phenoxy) is 4. The van der Waals surface area contributed by atoms with Crippen LogP contribution < -0.4 is 5.32 Å². The average molecular weight is 1480 g/mol. The highest BCUT2D eigenvalue weighted by Gasteiger charge is 2.43. The zero-order valence-electron chi connectivity index (χ0n) is 65.5. The van der Waals surface area contributed by atoms with Crippen LogP contribution in [0.3, 0.4) is 0 Å². The van der Waals surface area contributed by atoms with Crippen molar-refractivity contribution in [2.24, 2.45) is 5.41 Å². The Kier molecular flexibility index (Phi) is 66.9. The Morgan fingerprint density at radius 1 is 0.308 bits per heavy atom. The summed E-state index contributed by atoms with van der Waals surface area (Å²) >= 11 is 0. The molecule has 0 aliphatic heterocycles. The van der Waals surface area contributed by atoms with Gasteiger partial charge in [-0.25, -0.2) is 0 Å². The number of aliphatic carboxylic acids is 5. The summed E-state index contributed by atoms with van der Waals surface area (Å²) < 4.78 is 23.0. The Morgan fingerprint density at radius 3 is 0.808 bits per heavy atom. The molecule has 1 atom stereocenters. The molecule has 0 bridgehead atoms. The van der Waals surface area contributed by atoms with Gasteiger partial charge in [0.05, 0.1) is 32.8 Å². The van der Waals surface area contributed by atoms with Crippen molar-refractivity contribution in [1.82, 2.24) is 20.0 Å². The van der Waals surface area contributed by atoms with Gasteiger partial charge in [-0.1, -0.05) is 310 Å². The smallest absolute Gasteiger partial charge is 0.324 e. The fraction of sp³-hybridized carbons (Fsp3) is 0.877. The zero-order chi connectivity index (χ0) is 76.8. The van der Waals surface area contributed by atoms with E-state index in [-0.39, 0.29) is 38.8 Å². The van der Waals surface area contributed by atoms with Crippen LogP contribution in [0.1, 0.15) is 367 Å². The van der Waals surface area contributed by atoms with Crippen molar-refractivity contribution in [3.8, 4) is 0 Å². The lowest BCUT2D eigenvalue weighted by molar-refractivity contribution is -0.168. The van der Waals surface area contributed by atoms with Crippen molar-refractivity contribution in [3.05, 3.63) is 0 Å². The minimum Gasteiger partial charge on any atom is -0.480 e. The third-order valence-corrected chi connectivity index (χ3v) is 19.5. The van der Waals surface area contributed by atoms with E-state index in [2.05, 4.69) is 26.1 Å². The van der Waals surface area contributed by atoms with Gasteiger partial charge in [-0.3, -0.25) is 62.6 Å². The number of unbranched alkanes of at least 4 members (excludes halogenated alkanes) is 46. The van der Waals surface area contributed by atoms with Crippen LogP contribution >= 0.6 is 0 Å². The molecule has 0 aromatic rings. The number of hydrogen-bond donors (Lipinski definition) is 6. The van der Waals surface area contributed by atoms with Gasteiger partial charge < -0.3 is 49.8 Å². The standard InChI is InChI=1S/C81H148N4O19/c1-4-7-10-13-16-19-22-25-29-35-40-45-50-55-76(95)102-66-81(67-103-77(96)56-51-46-41-36-30-26-23-20-17-14-11-8-5-2,68-104-78(97)57-52-47-42-37-31-27-24-21-18-15-12-9-6-3)80(100)82-58-53-48-43-38-33-28-32-34-39-44-49-54-75(94)101-65-70(79(98)99)85(69-84(63-73(90)91)64-74(92)93)60-59-83(61-71(86)87)62-72(88)89/h70H,4-69H2,1-3H3,(H,82,100)(H,86,87)(H,88,89)(H,90,91)(H,92,93)(H,98,99). The third-order valence-electron chi connectivity index (χ3n) is 19.5. The zero-order valence-corrected chi connectivity index (χ0v) is 65.5. The summed E-state index contributed by atoms with van der Waals surface area (Å²) in [7, 11) is 0. The molecule has 0 radical (unpaired) electrons. The monoisotopic (exact) mass is 1480 g/mol. The number of rotatable bonds is 80. The van der Waals surface area contributed by atoms with Crippen molar-refractivity contribution < 1.29 is 92.4 Å². The fourth-order valence-electron chi connectivity index (χ4n) is 13.0. The van der Waals surface area contributed by atoms with E-state index in [1.54, 1.807) is 0 Å². The van der Waals surface area contributed by atoms with Gasteiger partial charge in [0, 0.05) is 45.3 Å². The SMILES string of the molecule is CCCCCCCCCCCCCCCC(=O)OCC(COC(=O)CCCCCCCCCCCCCCC)(COC(=O)CCCCCCCCCCCCCCC)C(=O)NCCCCCCCCCCCCCC(=O)OCC(C(=O)O)N(CCN(CC(=O)O)CC(=O)O)CN(CC(=O)O)CC(=O)O. The van der Waals surface area contributed by atoms with Crippen molar-refractivity contribution in [2.45, 2.75) is 374 Å². The van der Waals surface area contributed by atoms with Crippen LogP contribution in [0.2, 0.25) is 0 Å². The molecule has 0 fully saturated rings. The van der Waals surface area contributed by atoms with Crippen molar-refractivity contribution >= 4 is 59.6 Å². The molecule has 1 amide bonds. The van der Waals surface area contributed by atoms with E-state index >= 15 is 0 Å². The maximum absolute atomic E-state index is 14.6. The molecule has 0 saturated heterocycles. The first-order chi connectivity index (χ1) is 50.3. The quantitative estimate of drug-likeness (QED) is 0.0143. The largest absolute Gasteiger partial charge is 0.480 e. The molecule has 0 rings (SSSR count). The summed E-state index contributed by atoms with van der Waals surface area (Å²) in [6, 6.07) is -1.61. The summed E-state index contributed by atoms with van der Waals surface area (Å²) in [5.74, 6) is -9.48. The highest BCUT2D eigenvalue weighted by Crippen LogP contribution is 2.25. The van der Waals surface area contributed by atoms with Crippen LogP contribution in [0.25, 0.3) is 0 Å². The van der Waals surface area contributed by atoms with Gasteiger partial charge in [0.25, 0.3) is 0 Å². The molecule has 0 aliphatic carbocycles. The third kappa shape index (κ3) is 62.7. The van der Waals surface area contributed by atoms with Gasteiger partial charge in [0.15, 0.2) is 5.41 Å². The van der Waals surface area contributed by atoms with Crippen molar-refractivity contribution in [2.75, 3.05) is 78.9 Å². The Bertz CT molecular complexity index is 2060. The van der Waals surface area contributed by atoms with Crippen LogP contribution in [-0.4, -0.2) is 185 Å². The molecule has 0 saturated carbocycles. The summed E-state index contributed by atoms with van der Waals surface area (Å²) in [6.07, 6.45) is 55.7. The predicted octanol–water partition coefficient (Wildman–Crippen LogP) is 17.0. The highest BCUT2D eigenvalue weighted by molar-refractivity contribution is 5.84. The number of hydrogen-bond acceptors (Lipinski definition) is 17. The first kappa shape index (κ1) is 98.6. The molecular weight excluding hydrogens is 1330 g/mol. The Hall–Kier alpha value is -5.42. The first-order valence-corrected chi connectivity index (χ1v) is 41.5. The highest BCUT2D eigenvalue weighted by atomic mass is 16.6. The van der Waals surface area contributed by atoms with Gasteiger partial charge in [-0.15, -0.1) is 0 Å². The number of amides is 1. The lowest BCUT2D eigenvalue weighted by atomic mass is 9.89. The minimum absolute atomic E-state index is 0.00399. The number of nitrogens with one attached hydrogen (secondary N) is 1. The topological polar surface area (TPSA) is 331 Å². The maximum Gasteiger partial charge on any atom is 0.324 e. The molecule has 0 aromatic heterocycles. The van der Waals surface area contributed by atoms with E-state index in [0.29, 0.717) is 45.1 Å². The molecule has 0 aromatic carbocycles. The van der Waals surface area contributed by atoms with Crippen LogP contribution in [0, 0.1) is 5.41 Å². The van der Waals surface area contributed by atoms with Crippen LogP contribution in [0.4, 0.5) is 0 Å². The lowest BCUT2D eigenvalue weighted by Gasteiger charge is -2.34. The summed E-state index contributed by atoms with van der Waals surface area (Å²) in [5.41, 5.74) is -1.64. The summed E-state index contributed by atoms with van der Waals surface area (Å²) in [4.78, 5) is 129. The molecule has 104 heavy (non-hydrogen) atoms. The summed E-state index contributed by atoms with van der Waals surface area (Å²) in [6.45, 7) is 0.990. The maximum atomic E-state index is 14.6. The molecule has 1 unspecified atom stereocenters. The number of carboxylic acid groups (broad SMARTS) is 5. The molecule has 23 nitrogen and oxygen atoms in total. The van der Waals surface area contributed by atoms with Crippen molar-refractivity contribution in [3.63, 3.8) is 0 Å². The van der Waals surface area contributed by atoms with E-state index in [4.69, 9.17) is 18.9 Å². The second-order valence-corrected chi connectivity index (χ2v) is 29.4. The Balaban J connectivity index is 5.64. The second-order valence-electron chi connectivity index (χ2n) is 29.4. The predicted molar refractivity (Wildman–Crippen MR) is 407 cm³/mol. The first-order valence-electron chi connectivity index (χ1n) is 41.5.